The number of aromatic nitrogens is 1. The molecule has 5 nitrogen and oxygen atoms in total. The van der Waals surface area contributed by atoms with Gasteiger partial charge in [-0.3, -0.25) is 4.79 Å². The van der Waals surface area contributed by atoms with Gasteiger partial charge in [-0.2, -0.15) is 5.26 Å². The van der Waals surface area contributed by atoms with E-state index in [2.05, 4.69) is 31.0 Å². The standard InChI is InChI=1S/C37H40F2N2O3S/c1-22-6-5-14-36(4)31(13-15-37(36,44)21-45-35-30(20-40)23(2)16-24(3)41-35)28-11-8-25(17-27(42)10-7-22)18-29(28)34(43)26-9-12-32(38)33(39)19-26/h6,8-9,11-12,16,18-19,27,31,42,44H,5,7,10,13-15,17,21H2,1-4H3/t27-,31-,36-,37+/m0/s1. The zero-order chi connectivity index (χ0) is 32.5. The number of fused-ring (bicyclic) bond motifs is 8. The number of ketones is 1. The zero-order valence-corrected chi connectivity index (χ0v) is 27.1. The van der Waals surface area contributed by atoms with Gasteiger partial charge >= 0.3 is 0 Å². The summed E-state index contributed by atoms with van der Waals surface area (Å²) in [5, 5.41) is 33.8. The van der Waals surface area contributed by atoms with Crippen molar-refractivity contribution in [3.63, 3.8) is 0 Å². The molecule has 0 spiro atoms. The number of aryl methyl sites for hydroxylation is 2. The second-order valence-corrected chi connectivity index (χ2v) is 14.0. The number of nitriles is 1. The Bertz CT molecular complexity index is 1700. The monoisotopic (exact) mass is 630 g/mol. The molecule has 1 saturated carbocycles. The average molecular weight is 631 g/mol. The summed E-state index contributed by atoms with van der Waals surface area (Å²) in [5.74, 6) is -2.43. The molecule has 2 N–H and O–H groups in total. The second-order valence-electron chi connectivity index (χ2n) is 13.1. The first kappa shape index (κ1) is 33.0. The van der Waals surface area contributed by atoms with Crippen LogP contribution < -0.4 is 0 Å². The van der Waals surface area contributed by atoms with E-state index in [1.54, 1.807) is 6.07 Å². The quantitative estimate of drug-likeness (QED) is 0.169. The number of hydrogen-bond acceptors (Lipinski definition) is 6. The molecule has 1 aromatic heterocycles. The molecule has 1 fully saturated rings. The van der Waals surface area contributed by atoms with Gasteiger partial charge in [0.05, 0.1) is 17.3 Å². The SMILES string of the molecule is CC1=CCC[C@@]2(C)[C@@H](CC[C@@]2(O)CSc2nc(C)cc(C)c2C#N)c2ccc(cc2C(=O)c2ccc(F)c(F)c2)C[C@@H](O)CC1. The molecule has 0 saturated heterocycles. The van der Waals surface area contributed by atoms with Gasteiger partial charge in [-0.1, -0.05) is 30.7 Å². The summed E-state index contributed by atoms with van der Waals surface area (Å²) in [6.07, 6.45) is 5.69. The summed E-state index contributed by atoms with van der Waals surface area (Å²) in [5.41, 5.74) is 3.49. The number of pyridine rings is 1. The number of benzene rings is 2. The van der Waals surface area contributed by atoms with Gasteiger partial charge in [-0.25, -0.2) is 13.8 Å². The van der Waals surface area contributed by atoms with Crippen molar-refractivity contribution in [3.05, 3.63) is 105 Å². The first-order valence-corrected chi connectivity index (χ1v) is 16.5. The highest BCUT2D eigenvalue weighted by Gasteiger charge is 2.56. The summed E-state index contributed by atoms with van der Waals surface area (Å²) >= 11 is 1.39. The molecule has 236 valence electrons. The number of carbonyl (C=O) groups excluding carboxylic acids is 1. The number of rotatable bonds is 5. The van der Waals surface area contributed by atoms with E-state index >= 15 is 0 Å². The maximum absolute atomic E-state index is 14.3. The van der Waals surface area contributed by atoms with E-state index in [9.17, 15) is 29.1 Å². The number of carbonyl (C=O) groups is 1. The number of aliphatic hydroxyl groups excluding tert-OH is 1. The molecule has 0 amide bonds. The van der Waals surface area contributed by atoms with Gasteiger partial charge in [-0.05, 0) is 119 Å². The smallest absolute Gasteiger partial charge is 0.193 e. The van der Waals surface area contributed by atoms with Crippen LogP contribution in [0.2, 0.25) is 0 Å². The first-order valence-electron chi connectivity index (χ1n) is 15.5. The van der Waals surface area contributed by atoms with E-state index in [0.717, 1.165) is 40.9 Å². The van der Waals surface area contributed by atoms with Gasteiger partial charge in [0.2, 0.25) is 0 Å². The molecule has 3 aliphatic rings. The van der Waals surface area contributed by atoms with Gasteiger partial charge < -0.3 is 10.2 Å². The molecule has 2 bridgehead atoms. The van der Waals surface area contributed by atoms with Crippen LogP contribution in [0.4, 0.5) is 8.78 Å². The van der Waals surface area contributed by atoms with E-state index < -0.39 is 34.5 Å². The fraction of sp³-hybridized carbons (Fsp3) is 0.432. The number of allylic oxidation sites excluding steroid dienone is 2. The van der Waals surface area contributed by atoms with Crippen LogP contribution in [-0.2, 0) is 6.42 Å². The summed E-state index contributed by atoms with van der Waals surface area (Å²) in [6, 6.07) is 13.0. The fourth-order valence-corrected chi connectivity index (χ4v) is 8.61. The van der Waals surface area contributed by atoms with Crippen LogP contribution >= 0.6 is 11.8 Å². The Labute approximate surface area is 268 Å². The molecule has 0 aliphatic heterocycles. The topological polar surface area (TPSA) is 94.2 Å². The van der Waals surface area contributed by atoms with Crippen molar-refractivity contribution < 1.29 is 23.8 Å². The fourth-order valence-electron chi connectivity index (χ4n) is 7.20. The molecule has 8 heteroatoms. The van der Waals surface area contributed by atoms with Crippen LogP contribution in [0.5, 0.6) is 0 Å². The van der Waals surface area contributed by atoms with E-state index in [4.69, 9.17) is 0 Å². The molecule has 45 heavy (non-hydrogen) atoms. The third-order valence-electron chi connectivity index (χ3n) is 9.97. The minimum atomic E-state index is -1.15. The number of hydrogen-bond donors (Lipinski definition) is 2. The van der Waals surface area contributed by atoms with Gasteiger partial charge in [0.15, 0.2) is 17.4 Å². The van der Waals surface area contributed by atoms with Crippen molar-refractivity contribution in [1.29, 1.82) is 5.26 Å². The molecule has 3 aromatic rings. The van der Waals surface area contributed by atoms with E-state index in [1.807, 2.05) is 32.0 Å². The summed E-state index contributed by atoms with van der Waals surface area (Å²) < 4.78 is 28.0. The Morgan fingerprint density at radius 3 is 2.60 bits per heavy atom. The lowest BCUT2D eigenvalue weighted by Gasteiger charge is -2.44. The van der Waals surface area contributed by atoms with Gasteiger partial charge in [0.1, 0.15) is 11.1 Å². The van der Waals surface area contributed by atoms with Gasteiger partial charge in [0.25, 0.3) is 0 Å². The zero-order valence-electron chi connectivity index (χ0n) is 26.3. The van der Waals surface area contributed by atoms with E-state index in [0.29, 0.717) is 60.4 Å². The van der Waals surface area contributed by atoms with Crippen LogP contribution in [0.25, 0.3) is 0 Å². The number of halogens is 2. The van der Waals surface area contributed by atoms with E-state index in [1.165, 1.54) is 23.4 Å². The average Bonchev–Trinajstić information content (AvgIpc) is 3.25. The second kappa shape index (κ2) is 13.2. The Morgan fingerprint density at radius 2 is 1.87 bits per heavy atom. The molecule has 6 rings (SSSR count). The Hall–Kier alpha value is -3.38. The van der Waals surface area contributed by atoms with Gasteiger partial charge in [-0.15, -0.1) is 11.8 Å². The Kier molecular flexibility index (Phi) is 9.65. The van der Waals surface area contributed by atoms with Crippen molar-refractivity contribution in [2.45, 2.75) is 95.3 Å². The summed E-state index contributed by atoms with van der Waals surface area (Å²) in [6.45, 7) is 7.93. The van der Waals surface area contributed by atoms with Crippen molar-refractivity contribution in [3.8, 4) is 6.07 Å². The van der Waals surface area contributed by atoms with Crippen molar-refractivity contribution in [2.24, 2.45) is 5.41 Å². The third kappa shape index (κ3) is 6.63. The van der Waals surface area contributed by atoms with Crippen molar-refractivity contribution in [1.82, 2.24) is 4.98 Å². The Balaban J connectivity index is 1.60. The molecular weight excluding hydrogens is 590 g/mol. The highest BCUT2D eigenvalue weighted by Crippen LogP contribution is 2.59. The lowest BCUT2D eigenvalue weighted by atomic mass is 9.65. The van der Waals surface area contributed by atoms with Gasteiger partial charge in [0, 0.05) is 28.0 Å². The predicted molar refractivity (Wildman–Crippen MR) is 172 cm³/mol. The molecule has 3 aliphatic carbocycles. The lowest BCUT2D eigenvalue weighted by Crippen LogP contribution is -2.46. The molecule has 0 unspecified atom stereocenters. The molecule has 0 radical (unpaired) electrons. The molecular formula is C37H40F2N2O3S. The number of nitrogens with zero attached hydrogens (tertiary/aromatic N) is 2. The largest absolute Gasteiger partial charge is 0.393 e. The van der Waals surface area contributed by atoms with Crippen molar-refractivity contribution in [2.75, 3.05) is 5.75 Å². The minimum Gasteiger partial charge on any atom is -0.393 e. The molecule has 4 atom stereocenters. The number of aliphatic hydroxyl groups is 2. The van der Waals surface area contributed by atoms with Crippen LogP contribution in [-0.4, -0.2) is 38.4 Å². The normalized spacial score (nSPS) is 25.3. The molecule has 2 aromatic carbocycles. The van der Waals surface area contributed by atoms with Crippen LogP contribution in [0, 0.1) is 42.2 Å². The van der Waals surface area contributed by atoms with Crippen molar-refractivity contribution >= 4 is 17.5 Å². The van der Waals surface area contributed by atoms with Crippen LogP contribution in [0.3, 0.4) is 0 Å². The minimum absolute atomic E-state index is 0.0444. The summed E-state index contributed by atoms with van der Waals surface area (Å²) in [7, 11) is 0. The maximum atomic E-state index is 14.3. The number of thioether (sulfide) groups is 1. The van der Waals surface area contributed by atoms with E-state index in [-0.39, 0.29) is 11.5 Å². The maximum Gasteiger partial charge on any atom is 0.193 e. The Morgan fingerprint density at radius 1 is 1.09 bits per heavy atom. The van der Waals surface area contributed by atoms with Crippen LogP contribution in [0.15, 0.2) is 59.1 Å². The lowest BCUT2D eigenvalue weighted by molar-refractivity contribution is -0.0422. The third-order valence-corrected chi connectivity index (χ3v) is 11.2. The predicted octanol–water partition coefficient (Wildman–Crippen LogP) is 7.91. The first-order chi connectivity index (χ1) is 21.3. The highest BCUT2D eigenvalue weighted by molar-refractivity contribution is 7.99. The van der Waals surface area contributed by atoms with Crippen LogP contribution in [0.1, 0.15) is 102 Å². The summed E-state index contributed by atoms with van der Waals surface area (Å²) in [4.78, 5) is 18.6. The highest BCUT2D eigenvalue weighted by atomic mass is 32.2. The molecule has 1 heterocycles.